The smallest absolute Gasteiger partial charge is 0.228 e. The molecule has 0 saturated carbocycles. The third kappa shape index (κ3) is 4.42. The number of carbonyl (C=O) groups excluding carboxylic acids is 2. The molecule has 2 aromatic heterocycles. The largest absolute Gasteiger partial charge is 0.352 e. The molecule has 0 aliphatic carbocycles. The van der Waals surface area contributed by atoms with E-state index in [-0.39, 0.29) is 24.2 Å². The highest BCUT2D eigenvalue weighted by atomic mass is 79.9. The number of aryl methyl sites for hydroxylation is 2. The van der Waals surface area contributed by atoms with Gasteiger partial charge in [-0.15, -0.1) is 10.2 Å². The summed E-state index contributed by atoms with van der Waals surface area (Å²) in [4.78, 5) is 31.5. The van der Waals surface area contributed by atoms with Gasteiger partial charge in [-0.25, -0.2) is 4.68 Å². The van der Waals surface area contributed by atoms with Crippen molar-refractivity contribution in [1.82, 2.24) is 24.9 Å². The Morgan fingerprint density at radius 3 is 2.38 bits per heavy atom. The molecule has 1 unspecified atom stereocenters. The normalized spacial score (nSPS) is 18.6. The molecule has 2 fully saturated rings. The number of anilines is 2. The van der Waals surface area contributed by atoms with E-state index in [0.29, 0.717) is 38.5 Å². The summed E-state index contributed by atoms with van der Waals surface area (Å²) in [6.07, 6.45) is 0.255. The first-order chi connectivity index (χ1) is 16.4. The van der Waals surface area contributed by atoms with Crippen LogP contribution in [0.15, 0.2) is 46.9 Å². The second-order valence-electron chi connectivity index (χ2n) is 8.79. The van der Waals surface area contributed by atoms with Gasteiger partial charge < -0.3 is 14.7 Å². The van der Waals surface area contributed by atoms with Crippen molar-refractivity contribution in [1.29, 1.82) is 0 Å². The van der Waals surface area contributed by atoms with Gasteiger partial charge in [0.2, 0.25) is 11.8 Å². The zero-order chi connectivity index (χ0) is 23.8. The maximum atomic E-state index is 13.1. The first-order valence-corrected chi connectivity index (χ1v) is 12.2. The van der Waals surface area contributed by atoms with Gasteiger partial charge in [0, 0.05) is 55.0 Å². The van der Waals surface area contributed by atoms with Crippen molar-refractivity contribution in [2.24, 2.45) is 5.92 Å². The number of piperazine rings is 1. The van der Waals surface area contributed by atoms with Crippen LogP contribution in [0.25, 0.3) is 5.82 Å². The maximum absolute atomic E-state index is 13.1. The topological polar surface area (TPSA) is 87.5 Å². The van der Waals surface area contributed by atoms with Crippen LogP contribution < -0.4 is 9.80 Å². The van der Waals surface area contributed by atoms with Gasteiger partial charge in [-0.1, -0.05) is 22.0 Å². The van der Waals surface area contributed by atoms with Gasteiger partial charge in [-0.2, -0.15) is 5.10 Å². The molecule has 0 bridgehead atoms. The van der Waals surface area contributed by atoms with Crippen molar-refractivity contribution in [3.63, 3.8) is 0 Å². The summed E-state index contributed by atoms with van der Waals surface area (Å²) in [5, 5.41) is 13.2. The van der Waals surface area contributed by atoms with E-state index in [1.54, 1.807) is 9.58 Å². The van der Waals surface area contributed by atoms with Crippen molar-refractivity contribution in [3.8, 4) is 5.82 Å². The zero-order valence-corrected chi connectivity index (χ0v) is 20.8. The molecule has 176 valence electrons. The number of halogens is 1. The fraction of sp³-hybridized carbons (Fsp3) is 0.375. The molecule has 10 heteroatoms. The van der Waals surface area contributed by atoms with Gasteiger partial charge >= 0.3 is 0 Å². The Kier molecular flexibility index (Phi) is 6.07. The molecule has 2 saturated heterocycles. The number of rotatable bonds is 4. The molecular formula is C24H26BrN7O2. The molecule has 1 atom stereocenters. The highest BCUT2D eigenvalue weighted by molar-refractivity contribution is 9.10. The van der Waals surface area contributed by atoms with E-state index < -0.39 is 0 Å². The fourth-order valence-electron chi connectivity index (χ4n) is 4.64. The lowest BCUT2D eigenvalue weighted by atomic mass is 10.1. The van der Waals surface area contributed by atoms with Crippen molar-refractivity contribution in [3.05, 3.63) is 58.3 Å². The minimum Gasteiger partial charge on any atom is -0.352 e. The number of hydrogen-bond acceptors (Lipinski definition) is 6. The van der Waals surface area contributed by atoms with Gasteiger partial charge in [0.25, 0.3) is 0 Å². The number of nitrogens with zero attached hydrogens (tertiary/aromatic N) is 7. The van der Waals surface area contributed by atoms with Crippen LogP contribution in [0.3, 0.4) is 0 Å². The highest BCUT2D eigenvalue weighted by Gasteiger charge is 2.38. The molecule has 3 aromatic rings. The van der Waals surface area contributed by atoms with E-state index in [1.807, 2.05) is 61.2 Å². The lowest BCUT2D eigenvalue weighted by Crippen LogP contribution is -2.51. The van der Waals surface area contributed by atoms with Gasteiger partial charge in [0.15, 0.2) is 11.6 Å². The first-order valence-electron chi connectivity index (χ1n) is 11.4. The predicted molar refractivity (Wildman–Crippen MR) is 132 cm³/mol. The van der Waals surface area contributed by atoms with Gasteiger partial charge in [-0.05, 0) is 50.2 Å². The summed E-state index contributed by atoms with van der Waals surface area (Å²) in [7, 11) is 0. The van der Waals surface area contributed by atoms with Gasteiger partial charge in [0.05, 0.1) is 11.6 Å². The third-order valence-electron chi connectivity index (χ3n) is 6.37. The van der Waals surface area contributed by atoms with E-state index in [9.17, 15) is 9.59 Å². The van der Waals surface area contributed by atoms with Crippen LogP contribution in [-0.2, 0) is 9.59 Å². The van der Waals surface area contributed by atoms with Crippen LogP contribution in [0.2, 0.25) is 0 Å². The second kappa shape index (κ2) is 9.17. The lowest BCUT2D eigenvalue weighted by molar-refractivity contribution is -0.136. The first kappa shape index (κ1) is 22.5. The van der Waals surface area contributed by atoms with Crippen molar-refractivity contribution in [2.75, 3.05) is 42.5 Å². The lowest BCUT2D eigenvalue weighted by Gasteiger charge is -2.36. The quantitative estimate of drug-likeness (QED) is 0.522. The van der Waals surface area contributed by atoms with Crippen molar-refractivity contribution >= 4 is 39.2 Å². The molecule has 4 heterocycles. The van der Waals surface area contributed by atoms with Crippen LogP contribution >= 0.6 is 15.9 Å². The maximum Gasteiger partial charge on any atom is 0.228 e. The number of hydrogen-bond donors (Lipinski definition) is 0. The van der Waals surface area contributed by atoms with Crippen LogP contribution in [0.4, 0.5) is 11.5 Å². The Morgan fingerprint density at radius 2 is 1.74 bits per heavy atom. The molecule has 2 aliphatic rings. The van der Waals surface area contributed by atoms with E-state index in [1.165, 1.54) is 0 Å². The summed E-state index contributed by atoms with van der Waals surface area (Å²) in [5.41, 5.74) is 2.77. The summed E-state index contributed by atoms with van der Waals surface area (Å²) < 4.78 is 2.69. The van der Waals surface area contributed by atoms with E-state index in [4.69, 9.17) is 0 Å². The summed E-state index contributed by atoms with van der Waals surface area (Å²) in [5.74, 6) is 1.21. The number of aromatic nitrogens is 4. The molecule has 5 rings (SSSR count). The number of amides is 2. The summed E-state index contributed by atoms with van der Waals surface area (Å²) in [6.45, 7) is 6.91. The van der Waals surface area contributed by atoms with E-state index >= 15 is 0 Å². The van der Waals surface area contributed by atoms with Gasteiger partial charge in [-0.3, -0.25) is 9.59 Å². The predicted octanol–water partition coefficient (Wildman–Crippen LogP) is 2.74. The highest BCUT2D eigenvalue weighted by Crippen LogP contribution is 2.28. The molecule has 34 heavy (non-hydrogen) atoms. The SMILES string of the molecule is Cc1cc(C)n(-c2ccc(N3CCN(C(=O)C4CC(=O)N(c5cccc(Br)c5)C4)CC3)nn2)n1. The molecule has 9 nitrogen and oxygen atoms in total. The van der Waals surface area contributed by atoms with Crippen LogP contribution in [0, 0.1) is 19.8 Å². The number of benzene rings is 1. The standard InChI is InChI=1S/C24H26BrN7O2/c1-16-12-17(2)32(28-16)22-7-6-21(26-27-22)29-8-10-30(11-9-29)24(34)18-13-23(33)31(15-18)20-5-3-4-19(25)14-20/h3-7,12,14,18H,8-11,13,15H2,1-2H3. The monoisotopic (exact) mass is 523 g/mol. The van der Waals surface area contributed by atoms with Crippen LogP contribution in [0.5, 0.6) is 0 Å². The minimum atomic E-state index is -0.308. The van der Waals surface area contributed by atoms with E-state index in [0.717, 1.165) is 27.4 Å². The Bertz CT molecular complexity index is 1220. The Hall–Kier alpha value is -3.27. The molecular weight excluding hydrogens is 498 g/mol. The Labute approximate surface area is 206 Å². The average Bonchev–Trinajstić information content (AvgIpc) is 3.40. The van der Waals surface area contributed by atoms with Crippen molar-refractivity contribution in [2.45, 2.75) is 20.3 Å². The fourth-order valence-corrected chi connectivity index (χ4v) is 5.03. The molecule has 0 spiro atoms. The third-order valence-corrected chi connectivity index (χ3v) is 6.87. The molecule has 2 amide bonds. The van der Waals surface area contributed by atoms with E-state index in [2.05, 4.69) is 36.1 Å². The van der Waals surface area contributed by atoms with Gasteiger partial charge in [0.1, 0.15) is 0 Å². The zero-order valence-electron chi connectivity index (χ0n) is 19.2. The molecule has 2 aliphatic heterocycles. The Balaban J connectivity index is 1.19. The van der Waals surface area contributed by atoms with Crippen LogP contribution in [0.1, 0.15) is 17.8 Å². The second-order valence-corrected chi connectivity index (χ2v) is 9.70. The minimum absolute atomic E-state index is 0.00642. The van der Waals surface area contributed by atoms with Crippen molar-refractivity contribution < 1.29 is 9.59 Å². The number of carbonyl (C=O) groups is 2. The average molecular weight is 524 g/mol. The van der Waals surface area contributed by atoms with Crippen LogP contribution in [-0.4, -0.2) is 69.4 Å². The summed E-state index contributed by atoms with van der Waals surface area (Å²) >= 11 is 3.45. The molecule has 0 radical (unpaired) electrons. The molecule has 0 N–H and O–H groups in total. The molecule has 1 aromatic carbocycles. The summed E-state index contributed by atoms with van der Waals surface area (Å²) in [6, 6.07) is 13.5. The Morgan fingerprint density at radius 1 is 1.00 bits per heavy atom.